The number of hydrogen-bond donors (Lipinski definition) is 3. The number of amides is 1. The average Bonchev–Trinajstić information content (AvgIpc) is 2.83. The first-order valence-electron chi connectivity index (χ1n) is 12.2. The van der Waals surface area contributed by atoms with Crippen LogP contribution in [-0.4, -0.2) is 26.4 Å². The topological polar surface area (TPSA) is 87.3 Å². The van der Waals surface area contributed by atoms with Gasteiger partial charge in [0.1, 0.15) is 5.82 Å². The van der Waals surface area contributed by atoms with Gasteiger partial charge in [-0.15, -0.1) is 0 Å². The summed E-state index contributed by atoms with van der Waals surface area (Å²) in [4.78, 5) is 13.0. The second-order valence-electron chi connectivity index (χ2n) is 9.56. The van der Waals surface area contributed by atoms with Crippen LogP contribution in [0.15, 0.2) is 47.4 Å². The van der Waals surface area contributed by atoms with E-state index in [-0.39, 0.29) is 29.7 Å². The van der Waals surface area contributed by atoms with E-state index in [1.54, 1.807) is 24.3 Å². The molecule has 1 saturated carbocycles. The van der Waals surface area contributed by atoms with Gasteiger partial charge in [-0.05, 0) is 93.3 Å². The molecule has 0 bridgehead atoms. The molecule has 2 atom stereocenters. The summed E-state index contributed by atoms with van der Waals surface area (Å²) in [6.07, 6.45) is 5.42. The SMILES string of the molecule is CC[C@@H]1CCc2cc(S(=O)(=O)NC3CCC(C(=O)N[C@H](C)c4ccc(F)cc4)CC3)ccc2N1. The van der Waals surface area contributed by atoms with Crippen molar-refractivity contribution in [3.63, 3.8) is 0 Å². The summed E-state index contributed by atoms with van der Waals surface area (Å²) < 4.78 is 42.0. The van der Waals surface area contributed by atoms with Crippen molar-refractivity contribution in [3.8, 4) is 0 Å². The van der Waals surface area contributed by atoms with E-state index in [0.717, 1.165) is 36.1 Å². The lowest BCUT2D eigenvalue weighted by Crippen LogP contribution is -2.41. The summed E-state index contributed by atoms with van der Waals surface area (Å²) in [6.45, 7) is 4.03. The third-order valence-corrected chi connectivity index (χ3v) is 8.67. The highest BCUT2D eigenvalue weighted by Gasteiger charge is 2.30. The van der Waals surface area contributed by atoms with E-state index in [0.29, 0.717) is 36.6 Å². The van der Waals surface area contributed by atoms with Crippen molar-refractivity contribution >= 4 is 21.6 Å². The molecule has 2 aromatic rings. The van der Waals surface area contributed by atoms with Crippen molar-refractivity contribution in [1.82, 2.24) is 10.0 Å². The smallest absolute Gasteiger partial charge is 0.240 e. The van der Waals surface area contributed by atoms with Gasteiger partial charge in [-0.25, -0.2) is 17.5 Å². The van der Waals surface area contributed by atoms with Crippen LogP contribution in [0.2, 0.25) is 0 Å². The van der Waals surface area contributed by atoms with Crippen LogP contribution in [0.4, 0.5) is 10.1 Å². The minimum Gasteiger partial charge on any atom is -0.382 e. The fourth-order valence-electron chi connectivity index (χ4n) is 4.94. The Morgan fingerprint density at radius 3 is 2.47 bits per heavy atom. The predicted octanol–water partition coefficient (Wildman–Crippen LogP) is 4.68. The maximum atomic E-state index is 13.1. The monoisotopic (exact) mass is 487 g/mol. The highest BCUT2D eigenvalue weighted by atomic mass is 32.2. The first-order chi connectivity index (χ1) is 16.2. The van der Waals surface area contributed by atoms with Gasteiger partial charge >= 0.3 is 0 Å². The molecule has 0 aromatic heterocycles. The number of benzene rings is 2. The molecule has 184 valence electrons. The molecule has 2 aromatic carbocycles. The van der Waals surface area contributed by atoms with E-state index < -0.39 is 10.0 Å². The molecule has 0 radical (unpaired) electrons. The number of carbonyl (C=O) groups is 1. The molecule has 1 aliphatic heterocycles. The molecule has 0 spiro atoms. The lowest BCUT2D eigenvalue weighted by Gasteiger charge is -2.29. The molecular weight excluding hydrogens is 453 g/mol. The lowest BCUT2D eigenvalue weighted by molar-refractivity contribution is -0.126. The summed E-state index contributed by atoms with van der Waals surface area (Å²) in [5, 5.41) is 6.48. The molecule has 0 saturated heterocycles. The van der Waals surface area contributed by atoms with Crippen molar-refractivity contribution in [1.29, 1.82) is 0 Å². The maximum Gasteiger partial charge on any atom is 0.240 e. The molecule has 0 unspecified atom stereocenters. The Morgan fingerprint density at radius 1 is 1.09 bits per heavy atom. The average molecular weight is 488 g/mol. The minimum atomic E-state index is -3.62. The molecule has 1 fully saturated rings. The van der Waals surface area contributed by atoms with E-state index in [4.69, 9.17) is 0 Å². The van der Waals surface area contributed by atoms with Crippen molar-refractivity contribution in [2.24, 2.45) is 5.92 Å². The molecule has 1 amide bonds. The zero-order valence-electron chi connectivity index (χ0n) is 19.8. The van der Waals surface area contributed by atoms with Gasteiger partial charge < -0.3 is 10.6 Å². The van der Waals surface area contributed by atoms with Crippen LogP contribution in [0.5, 0.6) is 0 Å². The third kappa shape index (κ3) is 5.78. The van der Waals surface area contributed by atoms with E-state index in [2.05, 4.69) is 22.3 Å². The summed E-state index contributed by atoms with van der Waals surface area (Å²) in [6, 6.07) is 11.5. The number of aryl methyl sites for hydroxylation is 1. The van der Waals surface area contributed by atoms with Gasteiger partial charge in [0.15, 0.2) is 0 Å². The molecule has 1 heterocycles. The van der Waals surface area contributed by atoms with E-state index in [9.17, 15) is 17.6 Å². The Kier molecular flexibility index (Phi) is 7.57. The van der Waals surface area contributed by atoms with E-state index in [1.165, 1.54) is 12.1 Å². The molecule has 4 rings (SSSR count). The fourth-order valence-corrected chi connectivity index (χ4v) is 6.30. The number of halogens is 1. The van der Waals surface area contributed by atoms with E-state index >= 15 is 0 Å². The normalized spacial score (nSPS) is 23.4. The van der Waals surface area contributed by atoms with Crippen LogP contribution in [0.1, 0.15) is 69.5 Å². The molecule has 1 aliphatic carbocycles. The molecule has 2 aliphatic rings. The van der Waals surface area contributed by atoms with E-state index in [1.807, 2.05) is 13.0 Å². The molecule has 3 N–H and O–H groups in total. The van der Waals surface area contributed by atoms with Gasteiger partial charge in [0.2, 0.25) is 15.9 Å². The first kappa shape index (κ1) is 24.7. The van der Waals surface area contributed by atoms with Gasteiger partial charge in [-0.1, -0.05) is 19.1 Å². The second kappa shape index (κ2) is 10.4. The standard InChI is InChI=1S/C26H34FN3O3S/c1-3-22-11-8-20-16-24(14-15-25(20)29-22)34(32,33)30-23-12-6-19(7-13-23)26(31)28-17(2)18-4-9-21(27)10-5-18/h4-5,9-10,14-17,19,22-23,29-30H,3,6-8,11-13H2,1-2H3,(H,28,31)/t17-,19?,22-,23?/m1/s1. The van der Waals surface area contributed by atoms with Crippen LogP contribution in [0, 0.1) is 11.7 Å². The Balaban J connectivity index is 1.30. The zero-order chi connectivity index (χ0) is 24.3. The van der Waals surface area contributed by atoms with Gasteiger partial charge in [0, 0.05) is 23.7 Å². The number of fused-ring (bicyclic) bond motifs is 1. The Hall–Kier alpha value is -2.45. The zero-order valence-corrected chi connectivity index (χ0v) is 20.6. The molecule has 34 heavy (non-hydrogen) atoms. The van der Waals surface area contributed by atoms with Crippen LogP contribution in [-0.2, 0) is 21.2 Å². The number of nitrogens with one attached hydrogen (secondary N) is 3. The molecule has 6 nitrogen and oxygen atoms in total. The van der Waals surface area contributed by atoms with Crippen molar-refractivity contribution in [2.45, 2.75) is 81.8 Å². The predicted molar refractivity (Wildman–Crippen MR) is 131 cm³/mol. The van der Waals surface area contributed by atoms with Crippen LogP contribution in [0.25, 0.3) is 0 Å². The lowest BCUT2D eigenvalue weighted by atomic mass is 9.85. The van der Waals surface area contributed by atoms with Crippen LogP contribution in [0.3, 0.4) is 0 Å². The molecular formula is C26H34FN3O3S. The number of carbonyl (C=O) groups excluding carboxylic acids is 1. The Bertz CT molecular complexity index is 1110. The van der Waals surface area contributed by atoms with Crippen LogP contribution < -0.4 is 15.4 Å². The maximum absolute atomic E-state index is 13.1. The summed E-state index contributed by atoms with van der Waals surface area (Å²) in [7, 11) is -3.62. The summed E-state index contributed by atoms with van der Waals surface area (Å²) in [5.74, 6) is -0.490. The van der Waals surface area contributed by atoms with Gasteiger partial charge in [-0.3, -0.25) is 4.79 Å². The van der Waals surface area contributed by atoms with Crippen molar-refractivity contribution < 1.29 is 17.6 Å². The Labute approximate surface area is 201 Å². The third-order valence-electron chi connectivity index (χ3n) is 7.15. The first-order valence-corrected chi connectivity index (χ1v) is 13.7. The number of anilines is 1. The summed E-state index contributed by atoms with van der Waals surface area (Å²) in [5.41, 5.74) is 2.92. The highest BCUT2D eigenvalue weighted by Crippen LogP contribution is 2.30. The summed E-state index contributed by atoms with van der Waals surface area (Å²) >= 11 is 0. The number of rotatable bonds is 7. The number of hydrogen-bond acceptors (Lipinski definition) is 4. The fraction of sp³-hybridized carbons (Fsp3) is 0.500. The highest BCUT2D eigenvalue weighted by molar-refractivity contribution is 7.89. The quantitative estimate of drug-likeness (QED) is 0.529. The minimum absolute atomic E-state index is 0.0364. The van der Waals surface area contributed by atoms with Gasteiger partial charge in [0.05, 0.1) is 10.9 Å². The van der Waals surface area contributed by atoms with Crippen molar-refractivity contribution in [2.75, 3.05) is 5.32 Å². The number of sulfonamides is 1. The Morgan fingerprint density at radius 2 is 1.79 bits per heavy atom. The van der Waals surface area contributed by atoms with Gasteiger partial charge in [-0.2, -0.15) is 0 Å². The largest absolute Gasteiger partial charge is 0.382 e. The second-order valence-corrected chi connectivity index (χ2v) is 11.3. The van der Waals surface area contributed by atoms with Gasteiger partial charge in [0.25, 0.3) is 0 Å². The molecule has 8 heteroatoms. The van der Waals surface area contributed by atoms with Crippen LogP contribution >= 0.6 is 0 Å². The van der Waals surface area contributed by atoms with Crippen molar-refractivity contribution in [3.05, 3.63) is 59.4 Å².